The summed E-state index contributed by atoms with van der Waals surface area (Å²) in [5.41, 5.74) is 4.02. The molecule has 1 aliphatic heterocycles. The first-order valence-corrected chi connectivity index (χ1v) is 9.33. The van der Waals surface area contributed by atoms with Crippen LogP contribution in [0.25, 0.3) is 0 Å². The number of anilines is 1. The highest BCUT2D eigenvalue weighted by Crippen LogP contribution is 2.38. The molecule has 1 saturated carbocycles. The number of morpholine rings is 1. The van der Waals surface area contributed by atoms with Crippen molar-refractivity contribution in [2.24, 2.45) is 0 Å². The summed E-state index contributed by atoms with van der Waals surface area (Å²) >= 11 is 0. The van der Waals surface area contributed by atoms with Crippen LogP contribution in [0.1, 0.15) is 36.1 Å². The third kappa shape index (κ3) is 3.58. The number of hydrogen-bond acceptors (Lipinski definition) is 3. The number of urea groups is 1. The summed E-state index contributed by atoms with van der Waals surface area (Å²) in [5.74, 6) is 0. The molecule has 1 aliphatic carbocycles. The smallest absolute Gasteiger partial charge is 0.322 e. The number of aromatic nitrogens is 1. The molecule has 0 unspecified atom stereocenters. The Balaban J connectivity index is 1.45. The Labute approximate surface area is 154 Å². The van der Waals surface area contributed by atoms with Crippen LogP contribution in [-0.4, -0.2) is 41.2 Å². The lowest BCUT2D eigenvalue weighted by Crippen LogP contribution is -2.57. The fourth-order valence-corrected chi connectivity index (χ4v) is 3.71. The molecule has 1 aromatic heterocycles. The molecule has 1 aromatic carbocycles. The molecule has 136 valence electrons. The second kappa shape index (κ2) is 7.08. The molecule has 1 saturated heterocycles. The first-order valence-electron chi connectivity index (χ1n) is 9.33. The molecule has 5 nitrogen and oxygen atoms in total. The van der Waals surface area contributed by atoms with Gasteiger partial charge in [-0.1, -0.05) is 18.2 Å². The van der Waals surface area contributed by atoms with Crippen molar-refractivity contribution >= 4 is 11.7 Å². The summed E-state index contributed by atoms with van der Waals surface area (Å²) in [6, 6.07) is 12.1. The molecule has 1 N–H and O–H groups in total. The molecule has 2 aliphatic rings. The second-order valence-corrected chi connectivity index (χ2v) is 7.38. The van der Waals surface area contributed by atoms with Gasteiger partial charge in [-0.2, -0.15) is 0 Å². The van der Waals surface area contributed by atoms with Gasteiger partial charge in [-0.3, -0.25) is 4.98 Å². The molecule has 2 fully saturated rings. The summed E-state index contributed by atoms with van der Waals surface area (Å²) < 4.78 is 5.91. The number of benzene rings is 1. The first kappa shape index (κ1) is 17.0. The second-order valence-electron chi connectivity index (χ2n) is 7.38. The van der Waals surface area contributed by atoms with Crippen LogP contribution in [0.4, 0.5) is 10.5 Å². The average Bonchev–Trinajstić information content (AvgIpc) is 2.64. The fourth-order valence-electron chi connectivity index (χ4n) is 3.71. The maximum Gasteiger partial charge on any atom is 0.322 e. The van der Waals surface area contributed by atoms with Crippen molar-refractivity contribution in [3.8, 4) is 0 Å². The topological polar surface area (TPSA) is 54.5 Å². The highest BCUT2D eigenvalue weighted by atomic mass is 16.5. The van der Waals surface area contributed by atoms with Gasteiger partial charge in [-0.05, 0) is 55.5 Å². The van der Waals surface area contributed by atoms with E-state index in [1.54, 1.807) is 6.20 Å². The summed E-state index contributed by atoms with van der Waals surface area (Å²) in [4.78, 5) is 19.0. The minimum Gasteiger partial charge on any atom is -0.371 e. The zero-order valence-electron chi connectivity index (χ0n) is 15.2. The number of aryl methyl sites for hydroxylation is 1. The zero-order valence-corrected chi connectivity index (χ0v) is 15.2. The lowest BCUT2D eigenvalue weighted by atomic mass is 9.79. The summed E-state index contributed by atoms with van der Waals surface area (Å²) in [7, 11) is 0. The molecule has 2 aromatic rings. The Hall–Kier alpha value is -2.40. The van der Waals surface area contributed by atoms with E-state index in [1.807, 2.05) is 30.0 Å². The number of pyridine rings is 1. The van der Waals surface area contributed by atoms with E-state index in [-0.39, 0.29) is 11.6 Å². The van der Waals surface area contributed by atoms with Gasteiger partial charge in [-0.25, -0.2) is 4.79 Å². The minimum atomic E-state index is -0.0779. The van der Waals surface area contributed by atoms with Crippen molar-refractivity contribution in [1.82, 2.24) is 9.88 Å². The summed E-state index contributed by atoms with van der Waals surface area (Å²) in [6.45, 7) is 4.00. The maximum atomic E-state index is 12.8. The predicted octanol–water partition coefficient (Wildman–Crippen LogP) is 3.77. The van der Waals surface area contributed by atoms with Crippen molar-refractivity contribution in [3.05, 3.63) is 59.4 Å². The van der Waals surface area contributed by atoms with Crippen molar-refractivity contribution in [2.75, 3.05) is 25.0 Å². The quantitative estimate of drug-likeness (QED) is 0.916. The molecule has 0 bridgehead atoms. The molecular weight excluding hydrogens is 326 g/mol. The van der Waals surface area contributed by atoms with Gasteiger partial charge < -0.3 is 15.0 Å². The molecule has 2 amide bonds. The number of ether oxygens (including phenoxy) is 1. The van der Waals surface area contributed by atoms with Gasteiger partial charge in [0.15, 0.2) is 0 Å². The predicted molar refractivity (Wildman–Crippen MR) is 101 cm³/mol. The van der Waals surface area contributed by atoms with E-state index >= 15 is 0 Å². The zero-order chi connectivity index (χ0) is 18.0. The third-order valence-corrected chi connectivity index (χ3v) is 5.46. The van der Waals surface area contributed by atoms with Gasteiger partial charge in [0.05, 0.1) is 18.8 Å². The van der Waals surface area contributed by atoms with Crippen molar-refractivity contribution in [3.63, 3.8) is 0 Å². The minimum absolute atomic E-state index is 0.0299. The van der Waals surface area contributed by atoms with Gasteiger partial charge in [0.2, 0.25) is 0 Å². The lowest BCUT2D eigenvalue weighted by Gasteiger charge is -2.48. The third-order valence-electron chi connectivity index (χ3n) is 5.46. The monoisotopic (exact) mass is 351 g/mol. The van der Waals surface area contributed by atoms with Crippen LogP contribution in [0.3, 0.4) is 0 Å². The van der Waals surface area contributed by atoms with Crippen LogP contribution in [0, 0.1) is 6.92 Å². The van der Waals surface area contributed by atoms with Crippen LogP contribution in [-0.2, 0) is 11.2 Å². The van der Waals surface area contributed by atoms with E-state index in [4.69, 9.17) is 4.74 Å². The Bertz CT molecular complexity index is 787. The van der Waals surface area contributed by atoms with Crippen LogP contribution >= 0.6 is 0 Å². The molecular formula is C21H25N3O2. The Morgan fingerprint density at radius 2 is 2.19 bits per heavy atom. The summed E-state index contributed by atoms with van der Waals surface area (Å²) in [6.07, 6.45) is 5.89. The molecule has 26 heavy (non-hydrogen) atoms. The molecule has 5 heteroatoms. The molecule has 0 atom stereocenters. The van der Waals surface area contributed by atoms with Crippen LogP contribution in [0.2, 0.25) is 0 Å². The summed E-state index contributed by atoms with van der Waals surface area (Å²) in [5, 5.41) is 3.10. The average molecular weight is 351 g/mol. The number of carbonyl (C=O) groups excluding carboxylic acids is 1. The van der Waals surface area contributed by atoms with E-state index in [2.05, 4.69) is 28.5 Å². The van der Waals surface area contributed by atoms with Crippen molar-refractivity contribution in [1.29, 1.82) is 0 Å². The van der Waals surface area contributed by atoms with Crippen molar-refractivity contribution < 1.29 is 9.53 Å². The van der Waals surface area contributed by atoms with Gasteiger partial charge in [-0.15, -0.1) is 0 Å². The fraction of sp³-hybridized carbons (Fsp3) is 0.429. The number of amides is 2. The molecule has 1 spiro atoms. The number of carbonyl (C=O) groups is 1. The number of rotatable bonds is 3. The highest BCUT2D eigenvalue weighted by Gasteiger charge is 2.43. The van der Waals surface area contributed by atoms with Crippen LogP contribution in [0.15, 0.2) is 42.6 Å². The Kier molecular flexibility index (Phi) is 4.64. The van der Waals surface area contributed by atoms with Crippen LogP contribution in [0.5, 0.6) is 0 Å². The lowest BCUT2D eigenvalue weighted by molar-refractivity contribution is -0.140. The number of hydrogen-bond donors (Lipinski definition) is 1. The molecule has 2 heterocycles. The standard InChI is InChI=1S/C21H25N3O2/c1-16-6-7-17(13-18-5-2-3-10-22-18)14-19(16)23-20(25)24-11-12-26-21(15-24)8-4-9-21/h2-3,5-7,10,14H,4,8-9,11-13,15H2,1H3,(H,23,25). The van der Waals surface area contributed by atoms with E-state index in [1.165, 1.54) is 6.42 Å². The Morgan fingerprint density at radius 3 is 2.92 bits per heavy atom. The van der Waals surface area contributed by atoms with Gasteiger partial charge in [0, 0.05) is 30.5 Å². The highest BCUT2D eigenvalue weighted by molar-refractivity contribution is 5.90. The normalized spacial score (nSPS) is 18.4. The number of nitrogens with one attached hydrogen (secondary N) is 1. The van der Waals surface area contributed by atoms with Gasteiger partial charge in [0.1, 0.15) is 0 Å². The Morgan fingerprint density at radius 1 is 1.31 bits per heavy atom. The van der Waals surface area contributed by atoms with Gasteiger partial charge in [0.25, 0.3) is 0 Å². The SMILES string of the molecule is Cc1ccc(Cc2ccccn2)cc1NC(=O)N1CCOC2(CCC2)C1. The van der Waals surface area contributed by atoms with E-state index in [9.17, 15) is 4.79 Å². The first-order chi connectivity index (χ1) is 12.6. The largest absolute Gasteiger partial charge is 0.371 e. The van der Waals surface area contributed by atoms with E-state index < -0.39 is 0 Å². The molecule has 4 rings (SSSR count). The van der Waals surface area contributed by atoms with E-state index in [0.717, 1.165) is 41.8 Å². The van der Waals surface area contributed by atoms with Crippen molar-refractivity contribution in [2.45, 2.75) is 38.2 Å². The molecule has 0 radical (unpaired) electrons. The van der Waals surface area contributed by atoms with Gasteiger partial charge >= 0.3 is 6.03 Å². The van der Waals surface area contributed by atoms with Crippen LogP contribution < -0.4 is 5.32 Å². The number of nitrogens with zero attached hydrogens (tertiary/aromatic N) is 2. The van der Waals surface area contributed by atoms with E-state index in [0.29, 0.717) is 19.7 Å². The maximum absolute atomic E-state index is 12.8.